The minimum atomic E-state index is 0.480. The summed E-state index contributed by atoms with van der Waals surface area (Å²) >= 11 is 0. The molecule has 0 saturated heterocycles. The summed E-state index contributed by atoms with van der Waals surface area (Å²) in [5.74, 6) is 6.64. The van der Waals surface area contributed by atoms with Crippen LogP contribution in [-0.4, -0.2) is 9.97 Å². The Hall–Kier alpha value is -1.36. The second-order valence-corrected chi connectivity index (χ2v) is 2.87. The average molecular weight is 160 g/mol. The summed E-state index contributed by atoms with van der Waals surface area (Å²) in [5.41, 5.74) is 1.15. The van der Waals surface area contributed by atoms with Crippen LogP contribution in [0.3, 0.4) is 0 Å². The molecule has 0 aliphatic rings. The molecule has 0 fully saturated rings. The van der Waals surface area contributed by atoms with Crippen molar-refractivity contribution in [1.82, 2.24) is 9.97 Å². The van der Waals surface area contributed by atoms with Crippen molar-refractivity contribution in [3.63, 3.8) is 0 Å². The minimum Gasteiger partial charge on any atom is -0.229 e. The molecule has 1 aromatic rings. The lowest BCUT2D eigenvalue weighted by Crippen LogP contribution is -1.93. The van der Waals surface area contributed by atoms with Gasteiger partial charge in [0.05, 0.1) is 0 Å². The van der Waals surface area contributed by atoms with Gasteiger partial charge in [-0.15, -0.1) is 0 Å². The minimum absolute atomic E-state index is 0.480. The molecular weight excluding hydrogens is 148 g/mol. The molecule has 2 heteroatoms. The van der Waals surface area contributed by atoms with Gasteiger partial charge in [0.2, 0.25) is 5.82 Å². The van der Waals surface area contributed by atoms with Crippen LogP contribution in [0, 0.1) is 11.8 Å². The van der Waals surface area contributed by atoms with Crippen molar-refractivity contribution in [3.05, 3.63) is 23.8 Å². The van der Waals surface area contributed by atoms with Crippen LogP contribution < -0.4 is 0 Å². The lowest BCUT2D eigenvalue weighted by Gasteiger charge is -2.01. The van der Waals surface area contributed by atoms with Crippen molar-refractivity contribution in [1.29, 1.82) is 0 Å². The topological polar surface area (TPSA) is 25.8 Å². The third-order valence-corrected chi connectivity index (χ3v) is 1.58. The van der Waals surface area contributed by atoms with Gasteiger partial charge in [-0.2, -0.15) is 0 Å². The molecular formula is C10H12N2. The van der Waals surface area contributed by atoms with Gasteiger partial charge in [0.25, 0.3) is 0 Å². The van der Waals surface area contributed by atoms with Crippen LogP contribution in [0.5, 0.6) is 0 Å². The van der Waals surface area contributed by atoms with Gasteiger partial charge in [-0.3, -0.25) is 0 Å². The van der Waals surface area contributed by atoms with Crippen LogP contribution in [0.1, 0.15) is 38.1 Å². The molecule has 0 spiro atoms. The predicted octanol–water partition coefficient (Wildman–Crippen LogP) is 1.97. The lowest BCUT2D eigenvalue weighted by atomic mass is 10.1. The Morgan fingerprint density at radius 3 is 2.25 bits per heavy atom. The standard InChI is InChI=1S/C10H12N2/c1-4-5-10-11-6-9(7-12-10)8(2)3/h6-8H,1-3H3. The van der Waals surface area contributed by atoms with E-state index in [1.807, 2.05) is 12.4 Å². The summed E-state index contributed by atoms with van der Waals surface area (Å²) in [5, 5.41) is 0. The van der Waals surface area contributed by atoms with Gasteiger partial charge in [0.15, 0.2) is 0 Å². The molecule has 0 aliphatic heterocycles. The number of nitrogens with zero attached hydrogens (tertiary/aromatic N) is 2. The molecule has 2 nitrogen and oxygen atoms in total. The SMILES string of the molecule is CC#Cc1ncc(C(C)C)cn1. The normalized spacial score (nSPS) is 9.33. The maximum Gasteiger partial charge on any atom is 0.204 e. The van der Waals surface area contributed by atoms with Gasteiger partial charge >= 0.3 is 0 Å². The van der Waals surface area contributed by atoms with Gasteiger partial charge in [0, 0.05) is 12.4 Å². The Balaban J connectivity index is 2.90. The van der Waals surface area contributed by atoms with Gasteiger partial charge in [0.1, 0.15) is 0 Å². The first kappa shape index (κ1) is 8.73. The first-order valence-corrected chi connectivity index (χ1v) is 3.98. The maximum absolute atomic E-state index is 4.10. The highest BCUT2D eigenvalue weighted by Crippen LogP contribution is 2.10. The molecule has 0 aromatic carbocycles. The molecule has 1 rings (SSSR count). The summed E-state index contributed by atoms with van der Waals surface area (Å²) in [4.78, 5) is 8.21. The zero-order valence-electron chi connectivity index (χ0n) is 7.63. The molecule has 0 unspecified atom stereocenters. The zero-order valence-corrected chi connectivity index (χ0v) is 7.63. The quantitative estimate of drug-likeness (QED) is 0.587. The molecule has 0 amide bonds. The fourth-order valence-corrected chi connectivity index (χ4v) is 0.813. The zero-order chi connectivity index (χ0) is 8.97. The van der Waals surface area contributed by atoms with Crippen molar-refractivity contribution < 1.29 is 0 Å². The molecule has 0 bridgehead atoms. The van der Waals surface area contributed by atoms with E-state index in [-0.39, 0.29) is 0 Å². The maximum atomic E-state index is 4.10. The summed E-state index contributed by atoms with van der Waals surface area (Å²) in [7, 11) is 0. The third kappa shape index (κ3) is 2.06. The van der Waals surface area contributed by atoms with Crippen molar-refractivity contribution in [2.24, 2.45) is 0 Å². The highest BCUT2D eigenvalue weighted by molar-refractivity contribution is 5.21. The van der Waals surface area contributed by atoms with Gasteiger partial charge in [-0.05, 0) is 24.3 Å². The highest BCUT2D eigenvalue weighted by atomic mass is 14.8. The fourth-order valence-electron chi connectivity index (χ4n) is 0.813. The summed E-state index contributed by atoms with van der Waals surface area (Å²) in [6.07, 6.45) is 3.66. The van der Waals surface area contributed by atoms with E-state index in [0.29, 0.717) is 11.7 Å². The molecule has 1 aromatic heterocycles. The van der Waals surface area contributed by atoms with Crippen LogP contribution in [0.25, 0.3) is 0 Å². The van der Waals surface area contributed by atoms with E-state index in [0.717, 1.165) is 5.56 Å². The number of hydrogen-bond acceptors (Lipinski definition) is 2. The second kappa shape index (κ2) is 3.87. The monoisotopic (exact) mass is 160 g/mol. The molecule has 62 valence electrons. The Bertz CT molecular complexity index is 301. The summed E-state index contributed by atoms with van der Waals surface area (Å²) < 4.78 is 0. The molecule has 0 saturated carbocycles. The van der Waals surface area contributed by atoms with Crippen molar-refractivity contribution in [2.45, 2.75) is 26.7 Å². The first-order valence-electron chi connectivity index (χ1n) is 3.98. The second-order valence-electron chi connectivity index (χ2n) is 2.87. The average Bonchev–Trinajstić information content (AvgIpc) is 2.06. The Kier molecular flexibility index (Phi) is 2.82. The van der Waals surface area contributed by atoms with Crippen LogP contribution in [0.4, 0.5) is 0 Å². The number of rotatable bonds is 1. The van der Waals surface area contributed by atoms with E-state index in [4.69, 9.17) is 0 Å². The van der Waals surface area contributed by atoms with Gasteiger partial charge in [-0.1, -0.05) is 19.8 Å². The molecule has 0 radical (unpaired) electrons. The van der Waals surface area contributed by atoms with Crippen molar-refractivity contribution >= 4 is 0 Å². The van der Waals surface area contributed by atoms with E-state index >= 15 is 0 Å². The molecule has 0 aliphatic carbocycles. The van der Waals surface area contributed by atoms with Crippen molar-refractivity contribution in [3.8, 4) is 11.8 Å². The Morgan fingerprint density at radius 1 is 1.25 bits per heavy atom. The van der Waals surface area contributed by atoms with Gasteiger partial charge < -0.3 is 0 Å². The van der Waals surface area contributed by atoms with E-state index < -0.39 is 0 Å². The fraction of sp³-hybridized carbons (Fsp3) is 0.400. The highest BCUT2D eigenvalue weighted by Gasteiger charge is 1.98. The molecule has 1 heterocycles. The van der Waals surface area contributed by atoms with Crippen molar-refractivity contribution in [2.75, 3.05) is 0 Å². The third-order valence-electron chi connectivity index (χ3n) is 1.58. The predicted molar refractivity (Wildman–Crippen MR) is 48.7 cm³/mol. The smallest absolute Gasteiger partial charge is 0.204 e. The summed E-state index contributed by atoms with van der Waals surface area (Å²) in [6, 6.07) is 0. The Labute approximate surface area is 73.1 Å². The summed E-state index contributed by atoms with van der Waals surface area (Å²) in [6.45, 7) is 6.01. The van der Waals surface area contributed by atoms with Gasteiger partial charge in [-0.25, -0.2) is 9.97 Å². The van der Waals surface area contributed by atoms with Crippen LogP contribution in [-0.2, 0) is 0 Å². The van der Waals surface area contributed by atoms with Crippen LogP contribution in [0.15, 0.2) is 12.4 Å². The number of aromatic nitrogens is 2. The molecule has 0 atom stereocenters. The van der Waals surface area contributed by atoms with Crippen LogP contribution in [0.2, 0.25) is 0 Å². The van der Waals surface area contributed by atoms with E-state index in [2.05, 4.69) is 35.7 Å². The lowest BCUT2D eigenvalue weighted by molar-refractivity contribution is 0.843. The molecule has 0 N–H and O–H groups in total. The van der Waals surface area contributed by atoms with E-state index in [1.165, 1.54) is 0 Å². The van der Waals surface area contributed by atoms with Crippen LogP contribution >= 0.6 is 0 Å². The molecule has 12 heavy (non-hydrogen) atoms. The number of hydrogen-bond donors (Lipinski definition) is 0. The first-order chi connectivity index (χ1) is 5.74. The van der Waals surface area contributed by atoms with E-state index in [9.17, 15) is 0 Å². The van der Waals surface area contributed by atoms with E-state index in [1.54, 1.807) is 6.92 Å². The largest absolute Gasteiger partial charge is 0.229 e. The Morgan fingerprint density at radius 2 is 1.83 bits per heavy atom.